The summed E-state index contributed by atoms with van der Waals surface area (Å²) in [5.74, 6) is 0.398. The molecule has 0 spiro atoms. The Labute approximate surface area is 154 Å². The first-order chi connectivity index (χ1) is 12.7. The molecule has 2 amide bonds. The fraction of sp³-hybridized carbons (Fsp3) is 0.333. The first-order valence-electron chi connectivity index (χ1n) is 9.01. The lowest BCUT2D eigenvalue weighted by atomic mass is 10.1. The SMILES string of the molecule is CCOc1ccccc1C(=O)NCCCC(=O)NCCc1ccccc1. The van der Waals surface area contributed by atoms with Gasteiger partial charge in [-0.2, -0.15) is 0 Å². The zero-order chi connectivity index (χ0) is 18.6. The first kappa shape index (κ1) is 19.5. The molecule has 138 valence electrons. The molecule has 0 radical (unpaired) electrons. The second-order valence-corrected chi connectivity index (χ2v) is 5.87. The predicted octanol–water partition coefficient (Wildman–Crippen LogP) is 2.95. The lowest BCUT2D eigenvalue weighted by molar-refractivity contribution is -0.121. The van der Waals surface area contributed by atoms with E-state index < -0.39 is 0 Å². The number of rotatable bonds is 10. The van der Waals surface area contributed by atoms with Crippen molar-refractivity contribution in [1.29, 1.82) is 0 Å². The average molecular weight is 354 g/mol. The summed E-state index contributed by atoms with van der Waals surface area (Å²) < 4.78 is 5.46. The molecule has 0 aromatic heterocycles. The number of carbonyl (C=O) groups is 2. The maximum atomic E-state index is 12.2. The molecule has 0 saturated heterocycles. The van der Waals surface area contributed by atoms with E-state index in [9.17, 15) is 9.59 Å². The van der Waals surface area contributed by atoms with Gasteiger partial charge in [-0.05, 0) is 37.5 Å². The van der Waals surface area contributed by atoms with Crippen molar-refractivity contribution in [1.82, 2.24) is 10.6 Å². The Hall–Kier alpha value is -2.82. The highest BCUT2D eigenvalue weighted by Gasteiger charge is 2.11. The van der Waals surface area contributed by atoms with Crippen molar-refractivity contribution < 1.29 is 14.3 Å². The molecule has 2 aromatic rings. The Morgan fingerprint density at radius 2 is 1.65 bits per heavy atom. The average Bonchev–Trinajstić information content (AvgIpc) is 2.66. The molecular formula is C21H26N2O3. The monoisotopic (exact) mass is 354 g/mol. The van der Waals surface area contributed by atoms with Crippen LogP contribution in [0.4, 0.5) is 0 Å². The van der Waals surface area contributed by atoms with Gasteiger partial charge in [0, 0.05) is 19.5 Å². The van der Waals surface area contributed by atoms with E-state index in [4.69, 9.17) is 4.74 Å². The van der Waals surface area contributed by atoms with Crippen molar-refractivity contribution in [2.45, 2.75) is 26.2 Å². The van der Waals surface area contributed by atoms with Crippen molar-refractivity contribution in [3.8, 4) is 5.75 Å². The minimum absolute atomic E-state index is 0.00453. The van der Waals surface area contributed by atoms with Crippen LogP contribution in [0.25, 0.3) is 0 Å². The Morgan fingerprint density at radius 1 is 0.923 bits per heavy atom. The van der Waals surface area contributed by atoms with Crippen molar-refractivity contribution in [3.05, 3.63) is 65.7 Å². The molecular weight excluding hydrogens is 328 g/mol. The molecule has 2 rings (SSSR count). The van der Waals surface area contributed by atoms with E-state index in [1.807, 2.05) is 43.3 Å². The van der Waals surface area contributed by atoms with Gasteiger partial charge in [0.05, 0.1) is 12.2 Å². The minimum atomic E-state index is -0.182. The number of ether oxygens (including phenoxy) is 1. The third kappa shape index (κ3) is 6.59. The van der Waals surface area contributed by atoms with Gasteiger partial charge in [-0.1, -0.05) is 42.5 Å². The van der Waals surface area contributed by atoms with Gasteiger partial charge in [0.2, 0.25) is 5.91 Å². The summed E-state index contributed by atoms with van der Waals surface area (Å²) in [7, 11) is 0. The van der Waals surface area contributed by atoms with Crippen LogP contribution >= 0.6 is 0 Å². The number of amides is 2. The van der Waals surface area contributed by atoms with Gasteiger partial charge in [-0.15, -0.1) is 0 Å². The van der Waals surface area contributed by atoms with Crippen molar-refractivity contribution >= 4 is 11.8 Å². The fourth-order valence-electron chi connectivity index (χ4n) is 2.56. The topological polar surface area (TPSA) is 67.4 Å². The molecule has 0 fully saturated rings. The van der Waals surface area contributed by atoms with Crippen LogP contribution in [0.3, 0.4) is 0 Å². The summed E-state index contributed by atoms with van der Waals surface area (Å²) in [4.78, 5) is 24.1. The van der Waals surface area contributed by atoms with Crippen LogP contribution in [0.15, 0.2) is 54.6 Å². The van der Waals surface area contributed by atoms with Crippen LogP contribution in [0, 0.1) is 0 Å². The van der Waals surface area contributed by atoms with Crippen molar-refractivity contribution in [2.75, 3.05) is 19.7 Å². The summed E-state index contributed by atoms with van der Waals surface area (Å²) in [5.41, 5.74) is 1.72. The summed E-state index contributed by atoms with van der Waals surface area (Å²) in [6.07, 6.45) is 1.80. The van der Waals surface area contributed by atoms with Crippen molar-refractivity contribution in [3.63, 3.8) is 0 Å². The second kappa shape index (κ2) is 10.9. The highest BCUT2D eigenvalue weighted by molar-refractivity contribution is 5.96. The Kier molecular flexibility index (Phi) is 8.19. The van der Waals surface area contributed by atoms with Gasteiger partial charge >= 0.3 is 0 Å². The largest absolute Gasteiger partial charge is 0.493 e. The van der Waals surface area contributed by atoms with Crippen LogP contribution in [0.1, 0.15) is 35.7 Å². The maximum absolute atomic E-state index is 12.2. The van der Waals surface area contributed by atoms with Crippen molar-refractivity contribution in [2.24, 2.45) is 0 Å². The number of carbonyl (C=O) groups excluding carboxylic acids is 2. The van der Waals surface area contributed by atoms with E-state index in [2.05, 4.69) is 10.6 Å². The van der Waals surface area contributed by atoms with Crippen LogP contribution < -0.4 is 15.4 Å². The standard InChI is InChI=1S/C21H26N2O3/c1-2-26-19-12-7-6-11-18(19)21(25)23-15-8-13-20(24)22-16-14-17-9-4-3-5-10-17/h3-7,9-12H,2,8,13-16H2,1H3,(H,22,24)(H,23,25). The van der Waals surface area contributed by atoms with E-state index in [1.54, 1.807) is 18.2 Å². The summed E-state index contributed by atoms with van der Waals surface area (Å²) in [5, 5.41) is 5.74. The molecule has 0 atom stereocenters. The van der Waals surface area contributed by atoms with Gasteiger partial charge in [0.15, 0.2) is 0 Å². The van der Waals surface area contributed by atoms with Gasteiger partial charge in [-0.25, -0.2) is 0 Å². The number of nitrogens with one attached hydrogen (secondary N) is 2. The molecule has 5 heteroatoms. The smallest absolute Gasteiger partial charge is 0.255 e. The van der Waals surface area contributed by atoms with Crippen LogP contribution in [0.2, 0.25) is 0 Å². The van der Waals surface area contributed by atoms with E-state index in [0.717, 1.165) is 6.42 Å². The third-order valence-electron chi connectivity index (χ3n) is 3.88. The zero-order valence-corrected chi connectivity index (χ0v) is 15.2. The molecule has 0 bridgehead atoms. The molecule has 2 N–H and O–H groups in total. The quantitative estimate of drug-likeness (QED) is 0.645. The summed E-state index contributed by atoms with van der Waals surface area (Å²) in [6.45, 7) is 3.46. The Morgan fingerprint density at radius 3 is 2.42 bits per heavy atom. The van der Waals surface area contributed by atoms with E-state index >= 15 is 0 Å². The molecule has 0 aliphatic heterocycles. The van der Waals surface area contributed by atoms with Gasteiger partial charge < -0.3 is 15.4 Å². The van der Waals surface area contributed by atoms with E-state index in [-0.39, 0.29) is 11.8 Å². The second-order valence-electron chi connectivity index (χ2n) is 5.87. The zero-order valence-electron chi connectivity index (χ0n) is 15.2. The predicted molar refractivity (Wildman–Crippen MR) is 102 cm³/mol. The molecule has 5 nitrogen and oxygen atoms in total. The highest BCUT2D eigenvalue weighted by Crippen LogP contribution is 2.17. The van der Waals surface area contributed by atoms with Gasteiger partial charge in [0.25, 0.3) is 5.91 Å². The summed E-state index contributed by atoms with van der Waals surface area (Å²) in [6, 6.07) is 17.2. The summed E-state index contributed by atoms with van der Waals surface area (Å²) >= 11 is 0. The molecule has 0 saturated carbocycles. The maximum Gasteiger partial charge on any atom is 0.255 e. The lowest BCUT2D eigenvalue weighted by Gasteiger charge is -2.10. The lowest BCUT2D eigenvalue weighted by Crippen LogP contribution is -2.28. The minimum Gasteiger partial charge on any atom is -0.493 e. The van der Waals surface area contributed by atoms with Gasteiger partial charge in [-0.3, -0.25) is 9.59 Å². The fourth-order valence-corrected chi connectivity index (χ4v) is 2.56. The van der Waals surface area contributed by atoms with Crippen LogP contribution in [-0.2, 0) is 11.2 Å². The van der Waals surface area contributed by atoms with Crippen LogP contribution in [0.5, 0.6) is 5.75 Å². The number of para-hydroxylation sites is 1. The Bertz CT molecular complexity index is 701. The molecule has 26 heavy (non-hydrogen) atoms. The molecule has 0 heterocycles. The number of benzene rings is 2. The first-order valence-corrected chi connectivity index (χ1v) is 9.01. The molecule has 0 unspecified atom stereocenters. The van der Waals surface area contributed by atoms with E-state index in [0.29, 0.717) is 43.9 Å². The molecule has 2 aromatic carbocycles. The highest BCUT2D eigenvalue weighted by atomic mass is 16.5. The third-order valence-corrected chi connectivity index (χ3v) is 3.88. The Balaban J connectivity index is 1.63. The van der Waals surface area contributed by atoms with Crippen LogP contribution in [-0.4, -0.2) is 31.5 Å². The van der Waals surface area contributed by atoms with Gasteiger partial charge in [0.1, 0.15) is 5.75 Å². The normalized spacial score (nSPS) is 10.2. The molecule has 0 aliphatic rings. The van der Waals surface area contributed by atoms with E-state index in [1.165, 1.54) is 5.56 Å². The number of hydrogen-bond donors (Lipinski definition) is 2. The number of hydrogen-bond acceptors (Lipinski definition) is 3. The molecule has 0 aliphatic carbocycles.